The normalized spacial score (nSPS) is 48.2. The van der Waals surface area contributed by atoms with Gasteiger partial charge in [0.25, 0.3) is 0 Å². The summed E-state index contributed by atoms with van der Waals surface area (Å²) in [6, 6.07) is 3.43. The molecule has 7 heteroatoms. The Morgan fingerprint density at radius 2 is 1.60 bits per heavy atom. The van der Waals surface area contributed by atoms with Crippen LogP contribution in [-0.4, -0.2) is 57.7 Å². The van der Waals surface area contributed by atoms with E-state index in [1.54, 1.807) is 0 Å². The molecule has 7 rings (SSSR count). The molecule has 7 aliphatic rings. The smallest absolute Gasteiger partial charge is 0.303 e. The first kappa shape index (κ1) is 37.6. The highest BCUT2D eigenvalue weighted by atomic mass is 28.4. The Kier molecular flexibility index (Phi) is 9.73. The molecule has 7 fully saturated rings. The Morgan fingerprint density at radius 3 is 2.22 bits per heavy atom. The van der Waals surface area contributed by atoms with Gasteiger partial charge >= 0.3 is 5.97 Å². The Hall–Kier alpha value is -0.733. The lowest BCUT2D eigenvalue weighted by Gasteiger charge is -2.64. The van der Waals surface area contributed by atoms with Gasteiger partial charge in [-0.3, -0.25) is 4.79 Å². The molecule has 0 N–H and O–H groups in total. The first-order chi connectivity index (χ1) is 23.6. The molecular weight excluding hydrogens is 641 g/mol. The Labute approximate surface area is 306 Å². The fourth-order valence-electron chi connectivity index (χ4n) is 14.9. The number of esters is 1. The van der Waals surface area contributed by atoms with E-state index in [2.05, 4.69) is 62.0 Å². The maximum absolute atomic E-state index is 12.3. The van der Waals surface area contributed by atoms with E-state index in [4.69, 9.17) is 23.4 Å². The molecule has 2 heterocycles. The standard InChI is InChI=1S/C43H72O6Si/c1-12-50(13-2,14-3)49-38-37-35(28(6)25-30(47-37)36(27(4)5)46-29(7)44)40(10)22-23-43-26-42(43)21-20-33(48-34-17-15-16-24-45-34)39(8,9)31(42)18-19-32(43)41(38,40)11/h28,30-38H,4,12-26H2,1-3,5-11H3/t28-,30-,31+,32+,33+,34+,35+,36-,37+,38+,40-,41-,42-,43?/m1/s1. The molecule has 0 aromatic carbocycles. The second-order valence-corrected chi connectivity index (χ2v) is 24.4. The fraction of sp³-hybridized carbons (Fsp3) is 0.930. The molecule has 1 unspecified atom stereocenters. The zero-order chi connectivity index (χ0) is 36.1. The Balaban J connectivity index is 1.25. The van der Waals surface area contributed by atoms with Gasteiger partial charge < -0.3 is 23.4 Å². The van der Waals surface area contributed by atoms with Crippen LogP contribution in [0.25, 0.3) is 0 Å². The lowest BCUT2D eigenvalue weighted by atomic mass is 9.41. The van der Waals surface area contributed by atoms with Crippen LogP contribution in [0.2, 0.25) is 18.1 Å². The van der Waals surface area contributed by atoms with Gasteiger partial charge in [0.15, 0.2) is 14.6 Å². The van der Waals surface area contributed by atoms with Crippen LogP contribution < -0.4 is 0 Å². The van der Waals surface area contributed by atoms with Crippen molar-refractivity contribution >= 4 is 14.3 Å². The van der Waals surface area contributed by atoms with Crippen molar-refractivity contribution in [2.24, 2.45) is 50.7 Å². The first-order valence-corrected chi connectivity index (χ1v) is 23.6. The zero-order valence-corrected chi connectivity index (χ0v) is 34.5. The molecule has 6 nitrogen and oxygen atoms in total. The molecule has 0 bridgehead atoms. The van der Waals surface area contributed by atoms with Crippen molar-refractivity contribution in [1.29, 1.82) is 0 Å². The van der Waals surface area contributed by atoms with Gasteiger partial charge in [-0.05, 0) is 147 Å². The number of fused-ring (bicyclic) bond motifs is 4. The second kappa shape index (κ2) is 12.9. The molecule has 5 saturated carbocycles. The molecule has 5 aliphatic carbocycles. The summed E-state index contributed by atoms with van der Waals surface area (Å²) in [6.07, 6.45) is 13.1. The van der Waals surface area contributed by atoms with Crippen molar-refractivity contribution in [3.63, 3.8) is 0 Å². The number of ether oxygens (including phenoxy) is 4. The van der Waals surface area contributed by atoms with Gasteiger partial charge in [-0.2, -0.15) is 0 Å². The highest BCUT2D eigenvalue weighted by molar-refractivity contribution is 6.73. The molecule has 0 aromatic rings. The summed E-state index contributed by atoms with van der Waals surface area (Å²) in [5.41, 5.74) is 1.96. The van der Waals surface area contributed by atoms with Crippen LogP contribution in [0, 0.1) is 50.7 Å². The van der Waals surface area contributed by atoms with Gasteiger partial charge in [0.1, 0.15) is 6.10 Å². The predicted molar refractivity (Wildman–Crippen MR) is 201 cm³/mol. The van der Waals surface area contributed by atoms with Gasteiger partial charge in [-0.25, -0.2) is 0 Å². The van der Waals surface area contributed by atoms with E-state index in [0.29, 0.717) is 34.5 Å². The Morgan fingerprint density at radius 1 is 0.920 bits per heavy atom. The van der Waals surface area contributed by atoms with E-state index in [-0.39, 0.29) is 52.9 Å². The fourth-order valence-corrected chi connectivity index (χ4v) is 17.8. The van der Waals surface area contributed by atoms with E-state index in [1.807, 2.05) is 6.92 Å². The van der Waals surface area contributed by atoms with Crippen molar-refractivity contribution in [3.8, 4) is 0 Å². The summed E-state index contributed by atoms with van der Waals surface area (Å²) in [7, 11) is -2.00. The van der Waals surface area contributed by atoms with E-state index in [9.17, 15) is 4.79 Å². The predicted octanol–water partition coefficient (Wildman–Crippen LogP) is 10.2. The maximum Gasteiger partial charge on any atom is 0.303 e. The van der Waals surface area contributed by atoms with Crippen LogP contribution in [0.15, 0.2) is 12.2 Å². The molecule has 0 aromatic heterocycles. The van der Waals surface area contributed by atoms with Crippen LogP contribution >= 0.6 is 0 Å². The molecule has 14 atom stereocenters. The third-order valence-corrected chi connectivity index (χ3v) is 22.2. The molecule has 2 spiro atoms. The lowest BCUT2D eigenvalue weighted by Crippen LogP contribution is -2.61. The number of rotatable bonds is 10. The summed E-state index contributed by atoms with van der Waals surface area (Å²) < 4.78 is 34.2. The van der Waals surface area contributed by atoms with Crippen molar-refractivity contribution in [2.75, 3.05) is 6.61 Å². The van der Waals surface area contributed by atoms with E-state index in [1.165, 1.54) is 51.9 Å². The van der Waals surface area contributed by atoms with Crippen LogP contribution in [0.4, 0.5) is 0 Å². The minimum Gasteiger partial charge on any atom is -0.455 e. The van der Waals surface area contributed by atoms with E-state index in [0.717, 1.165) is 56.0 Å². The average Bonchev–Trinajstić information content (AvgIpc) is 3.70. The Bertz CT molecular complexity index is 1300. The van der Waals surface area contributed by atoms with E-state index < -0.39 is 14.4 Å². The summed E-state index contributed by atoms with van der Waals surface area (Å²) in [5, 5.41) is 0. The number of hydrogen-bond donors (Lipinski definition) is 0. The van der Waals surface area contributed by atoms with Gasteiger partial charge in [0, 0.05) is 18.9 Å². The van der Waals surface area contributed by atoms with Crippen molar-refractivity contribution in [2.45, 2.75) is 195 Å². The van der Waals surface area contributed by atoms with Crippen LogP contribution in [0.3, 0.4) is 0 Å². The highest BCUT2D eigenvalue weighted by Gasteiger charge is 2.85. The highest BCUT2D eigenvalue weighted by Crippen LogP contribution is 2.89. The molecule has 2 aliphatic heterocycles. The maximum atomic E-state index is 12.3. The molecule has 0 radical (unpaired) electrons. The molecule has 284 valence electrons. The number of carbonyl (C=O) groups is 1. The summed E-state index contributed by atoms with van der Waals surface area (Å²) in [6.45, 7) is 28.7. The number of carbonyl (C=O) groups excluding carboxylic acids is 1. The van der Waals surface area contributed by atoms with Crippen molar-refractivity contribution in [3.05, 3.63) is 12.2 Å². The molecule has 0 amide bonds. The third kappa shape index (κ3) is 5.22. The minimum atomic E-state index is -2.00. The SMILES string of the molecule is C=C(C)[C@@H](OC(C)=O)[C@H]1C[C@@H](C)[C@H]2[C@H](O1)[C@H](O[Si](CC)(CC)CC)[C@@]1(C)[C@@H]3CC[C@H]4C(C)(C)[C@@H](O[C@H]5CCCCO5)CC[C@@]45CC35CC[C@]21C. The van der Waals surface area contributed by atoms with Crippen molar-refractivity contribution < 1.29 is 28.2 Å². The molecule has 50 heavy (non-hydrogen) atoms. The van der Waals surface area contributed by atoms with Gasteiger partial charge in [0.05, 0.1) is 24.4 Å². The quantitative estimate of drug-likeness (QED) is 0.0973. The summed E-state index contributed by atoms with van der Waals surface area (Å²) in [5.74, 6) is 1.94. The molecular formula is C43H72O6Si. The van der Waals surface area contributed by atoms with Gasteiger partial charge in [-0.15, -0.1) is 0 Å². The van der Waals surface area contributed by atoms with Crippen LogP contribution in [0.1, 0.15) is 140 Å². The van der Waals surface area contributed by atoms with E-state index >= 15 is 0 Å². The topological polar surface area (TPSA) is 63.2 Å². The second-order valence-electron chi connectivity index (χ2n) is 19.7. The monoisotopic (exact) mass is 713 g/mol. The lowest BCUT2D eigenvalue weighted by molar-refractivity contribution is -0.242. The third-order valence-electron chi connectivity index (χ3n) is 17.6. The summed E-state index contributed by atoms with van der Waals surface area (Å²) in [4.78, 5) is 12.3. The van der Waals surface area contributed by atoms with Crippen LogP contribution in [-0.2, 0) is 28.2 Å². The van der Waals surface area contributed by atoms with Crippen LogP contribution in [0.5, 0.6) is 0 Å². The largest absolute Gasteiger partial charge is 0.455 e. The zero-order valence-electron chi connectivity index (χ0n) is 33.5. The van der Waals surface area contributed by atoms with Gasteiger partial charge in [-0.1, -0.05) is 62.0 Å². The first-order valence-electron chi connectivity index (χ1n) is 21.0. The molecule has 2 saturated heterocycles. The average molecular weight is 713 g/mol. The van der Waals surface area contributed by atoms with Gasteiger partial charge in [0.2, 0.25) is 0 Å². The minimum absolute atomic E-state index is 0.00586. The number of hydrogen-bond acceptors (Lipinski definition) is 6. The van der Waals surface area contributed by atoms with Crippen molar-refractivity contribution in [1.82, 2.24) is 0 Å². The summed E-state index contributed by atoms with van der Waals surface area (Å²) >= 11 is 0.